The van der Waals surface area contributed by atoms with Crippen LogP contribution in [0.1, 0.15) is 23.0 Å². The maximum atomic E-state index is 10.9. The highest BCUT2D eigenvalue weighted by Crippen LogP contribution is 2.14. The Balaban J connectivity index is 2.22. The zero-order chi connectivity index (χ0) is 13.7. The number of aromatic nitrogens is 2. The Labute approximate surface area is 111 Å². The lowest BCUT2D eigenvalue weighted by molar-refractivity contribution is 0.0690. The Morgan fingerprint density at radius 3 is 2.63 bits per heavy atom. The van der Waals surface area contributed by atoms with E-state index in [0.717, 1.165) is 12.1 Å². The fourth-order valence-corrected chi connectivity index (χ4v) is 1.78. The molecule has 5 nitrogen and oxygen atoms in total. The van der Waals surface area contributed by atoms with Gasteiger partial charge in [0.1, 0.15) is 5.82 Å². The first-order chi connectivity index (χ1) is 9.20. The van der Waals surface area contributed by atoms with Crippen molar-refractivity contribution in [2.75, 3.05) is 11.4 Å². The molecule has 0 spiro atoms. The van der Waals surface area contributed by atoms with E-state index in [0.29, 0.717) is 12.4 Å². The number of pyridine rings is 2. The van der Waals surface area contributed by atoms with Crippen LogP contribution in [0.5, 0.6) is 0 Å². The summed E-state index contributed by atoms with van der Waals surface area (Å²) in [6, 6.07) is 8.89. The molecule has 1 N–H and O–H groups in total. The lowest BCUT2D eigenvalue weighted by atomic mass is 10.2. The van der Waals surface area contributed by atoms with Crippen molar-refractivity contribution in [3.63, 3.8) is 0 Å². The number of carboxylic acids is 1. The van der Waals surface area contributed by atoms with Crippen molar-refractivity contribution in [1.82, 2.24) is 9.97 Å². The average molecular weight is 257 g/mol. The largest absolute Gasteiger partial charge is 0.477 e. The second kappa shape index (κ2) is 5.95. The van der Waals surface area contributed by atoms with Crippen LogP contribution in [0.25, 0.3) is 0 Å². The molecule has 0 aromatic carbocycles. The monoisotopic (exact) mass is 257 g/mol. The van der Waals surface area contributed by atoms with Crippen molar-refractivity contribution < 1.29 is 9.90 Å². The molecule has 0 saturated carbocycles. The van der Waals surface area contributed by atoms with E-state index in [1.54, 1.807) is 18.5 Å². The summed E-state index contributed by atoms with van der Waals surface area (Å²) in [6.07, 6.45) is 3.48. The summed E-state index contributed by atoms with van der Waals surface area (Å²) in [5.74, 6) is -0.346. The molecule has 0 radical (unpaired) electrons. The number of nitrogens with zero attached hydrogens (tertiary/aromatic N) is 3. The molecule has 0 aliphatic rings. The Kier molecular flexibility index (Phi) is 4.07. The van der Waals surface area contributed by atoms with Crippen LogP contribution in [0.3, 0.4) is 0 Å². The fraction of sp³-hybridized carbons (Fsp3) is 0.214. The van der Waals surface area contributed by atoms with Crippen LogP contribution in [0.15, 0.2) is 42.7 Å². The Morgan fingerprint density at radius 1 is 1.26 bits per heavy atom. The maximum absolute atomic E-state index is 10.9. The molecular weight excluding hydrogens is 242 g/mol. The number of hydrogen-bond acceptors (Lipinski definition) is 4. The second-order valence-corrected chi connectivity index (χ2v) is 4.06. The number of aromatic carboxylic acids is 1. The van der Waals surface area contributed by atoms with Gasteiger partial charge in [-0.3, -0.25) is 4.98 Å². The third-order valence-electron chi connectivity index (χ3n) is 2.78. The summed E-state index contributed by atoms with van der Waals surface area (Å²) < 4.78 is 0. The van der Waals surface area contributed by atoms with Crippen LogP contribution in [-0.2, 0) is 6.54 Å². The molecule has 2 aromatic rings. The smallest absolute Gasteiger partial charge is 0.354 e. The molecule has 2 aromatic heterocycles. The highest BCUT2D eigenvalue weighted by molar-refractivity contribution is 5.85. The van der Waals surface area contributed by atoms with E-state index in [4.69, 9.17) is 5.11 Å². The quantitative estimate of drug-likeness (QED) is 0.889. The number of anilines is 1. The molecule has 0 unspecified atom stereocenters. The van der Waals surface area contributed by atoms with Gasteiger partial charge in [0.15, 0.2) is 5.69 Å². The van der Waals surface area contributed by atoms with Gasteiger partial charge in [-0.15, -0.1) is 0 Å². The van der Waals surface area contributed by atoms with E-state index >= 15 is 0 Å². The lowest BCUT2D eigenvalue weighted by Crippen LogP contribution is -2.23. The van der Waals surface area contributed by atoms with Gasteiger partial charge in [0.2, 0.25) is 0 Å². The van der Waals surface area contributed by atoms with Gasteiger partial charge in [0.05, 0.1) is 0 Å². The van der Waals surface area contributed by atoms with E-state index in [1.807, 2.05) is 30.0 Å². The predicted molar refractivity (Wildman–Crippen MR) is 72.2 cm³/mol. The van der Waals surface area contributed by atoms with Crippen LogP contribution >= 0.6 is 0 Å². The van der Waals surface area contributed by atoms with Crippen LogP contribution < -0.4 is 4.90 Å². The Morgan fingerprint density at radius 2 is 2.00 bits per heavy atom. The van der Waals surface area contributed by atoms with Crippen molar-refractivity contribution in [1.29, 1.82) is 0 Å². The van der Waals surface area contributed by atoms with E-state index in [-0.39, 0.29) is 5.69 Å². The van der Waals surface area contributed by atoms with Gasteiger partial charge < -0.3 is 10.0 Å². The topological polar surface area (TPSA) is 66.3 Å². The molecule has 19 heavy (non-hydrogen) atoms. The Hall–Kier alpha value is -2.43. The minimum Gasteiger partial charge on any atom is -0.477 e. The standard InChI is InChI=1S/C14H15N3O2/c1-2-17(10-11-6-8-15-9-7-11)13-5-3-4-12(16-13)14(18)19/h3-9H,2,10H2,1H3,(H,18,19). The number of carbonyl (C=O) groups is 1. The molecule has 0 aliphatic heterocycles. The molecular formula is C14H15N3O2. The van der Waals surface area contributed by atoms with Gasteiger partial charge in [-0.05, 0) is 36.8 Å². The first kappa shape index (κ1) is 13.0. The van der Waals surface area contributed by atoms with Crippen LogP contribution in [0.4, 0.5) is 5.82 Å². The number of carboxylic acid groups (broad SMARTS) is 1. The van der Waals surface area contributed by atoms with Crippen molar-refractivity contribution in [2.24, 2.45) is 0 Å². The summed E-state index contributed by atoms with van der Waals surface area (Å²) in [6.45, 7) is 3.43. The molecule has 0 atom stereocenters. The highest BCUT2D eigenvalue weighted by Gasteiger charge is 2.10. The zero-order valence-corrected chi connectivity index (χ0v) is 10.7. The Bertz CT molecular complexity index is 558. The van der Waals surface area contributed by atoms with E-state index < -0.39 is 5.97 Å². The third kappa shape index (κ3) is 3.28. The summed E-state index contributed by atoms with van der Waals surface area (Å²) in [5, 5.41) is 8.96. The SMILES string of the molecule is CCN(Cc1ccncc1)c1cccc(C(=O)O)n1. The fourth-order valence-electron chi connectivity index (χ4n) is 1.78. The van der Waals surface area contributed by atoms with Crippen LogP contribution in [0.2, 0.25) is 0 Å². The lowest BCUT2D eigenvalue weighted by Gasteiger charge is -2.22. The van der Waals surface area contributed by atoms with E-state index in [9.17, 15) is 4.79 Å². The van der Waals surface area contributed by atoms with Gasteiger partial charge in [0, 0.05) is 25.5 Å². The number of rotatable bonds is 5. The van der Waals surface area contributed by atoms with Crippen LogP contribution in [-0.4, -0.2) is 27.6 Å². The third-order valence-corrected chi connectivity index (χ3v) is 2.78. The first-order valence-corrected chi connectivity index (χ1v) is 6.05. The van der Waals surface area contributed by atoms with E-state index in [2.05, 4.69) is 9.97 Å². The van der Waals surface area contributed by atoms with Gasteiger partial charge in [-0.1, -0.05) is 6.07 Å². The van der Waals surface area contributed by atoms with E-state index in [1.165, 1.54) is 6.07 Å². The summed E-state index contributed by atoms with van der Waals surface area (Å²) in [5.41, 5.74) is 1.17. The van der Waals surface area contributed by atoms with Crippen molar-refractivity contribution in [3.8, 4) is 0 Å². The molecule has 98 valence electrons. The first-order valence-electron chi connectivity index (χ1n) is 6.05. The molecule has 2 heterocycles. The molecule has 2 rings (SSSR count). The molecule has 5 heteroatoms. The van der Waals surface area contributed by atoms with Crippen molar-refractivity contribution in [3.05, 3.63) is 54.0 Å². The predicted octanol–water partition coefficient (Wildman–Crippen LogP) is 2.20. The van der Waals surface area contributed by atoms with Crippen molar-refractivity contribution in [2.45, 2.75) is 13.5 Å². The molecule has 0 bridgehead atoms. The zero-order valence-electron chi connectivity index (χ0n) is 10.7. The summed E-state index contributed by atoms with van der Waals surface area (Å²) in [4.78, 5) is 21.1. The van der Waals surface area contributed by atoms with Gasteiger partial charge >= 0.3 is 5.97 Å². The van der Waals surface area contributed by atoms with Gasteiger partial charge in [0.25, 0.3) is 0 Å². The molecule has 0 fully saturated rings. The maximum Gasteiger partial charge on any atom is 0.354 e. The molecule has 0 saturated heterocycles. The molecule has 0 amide bonds. The average Bonchev–Trinajstić information content (AvgIpc) is 2.46. The highest BCUT2D eigenvalue weighted by atomic mass is 16.4. The summed E-state index contributed by atoms with van der Waals surface area (Å²) >= 11 is 0. The minimum atomic E-state index is -1.01. The summed E-state index contributed by atoms with van der Waals surface area (Å²) in [7, 11) is 0. The number of hydrogen-bond donors (Lipinski definition) is 1. The normalized spacial score (nSPS) is 10.2. The minimum absolute atomic E-state index is 0.0608. The van der Waals surface area contributed by atoms with Crippen LogP contribution in [0, 0.1) is 0 Å². The second-order valence-electron chi connectivity index (χ2n) is 4.06. The van der Waals surface area contributed by atoms with Gasteiger partial charge in [-0.25, -0.2) is 9.78 Å². The van der Waals surface area contributed by atoms with Crippen molar-refractivity contribution >= 4 is 11.8 Å². The molecule has 0 aliphatic carbocycles. The van der Waals surface area contributed by atoms with Gasteiger partial charge in [-0.2, -0.15) is 0 Å².